The highest BCUT2D eigenvalue weighted by molar-refractivity contribution is 6.07. The van der Waals surface area contributed by atoms with Crippen molar-refractivity contribution in [3.8, 4) is 0 Å². The number of nitrogens with zero attached hydrogens (tertiary/aromatic N) is 3. The number of fused-ring (bicyclic) bond motifs is 2. The first-order valence-electron chi connectivity index (χ1n) is 11.4. The average Bonchev–Trinajstić information content (AvgIpc) is 3.07. The zero-order valence-corrected chi connectivity index (χ0v) is 20.2. The van der Waals surface area contributed by atoms with Gasteiger partial charge in [0.2, 0.25) is 5.91 Å². The lowest BCUT2D eigenvalue weighted by molar-refractivity contribution is -0.137. The summed E-state index contributed by atoms with van der Waals surface area (Å²) in [5, 5.41) is 3.10. The number of benzene rings is 1. The molecule has 0 aromatic heterocycles. The highest BCUT2D eigenvalue weighted by Gasteiger charge is 2.62. The fourth-order valence-corrected chi connectivity index (χ4v) is 6.15. The second-order valence-electron chi connectivity index (χ2n) is 9.63. The Morgan fingerprint density at radius 3 is 2.25 bits per heavy atom. The molecule has 8 heteroatoms. The smallest absolute Gasteiger partial charge is 0.327 e. The molecule has 3 saturated heterocycles. The second-order valence-corrected chi connectivity index (χ2v) is 9.63. The van der Waals surface area contributed by atoms with Crippen molar-refractivity contribution in [2.45, 2.75) is 82.6 Å². The SMILES string of the molecule is CC(=O)N[C@@H](CCN1C2CCC1CC1(C2)C(=O)N(C)C(=O)N1C(C)C)c1ccccc1.Cl. The van der Waals surface area contributed by atoms with E-state index in [0.717, 1.165) is 31.4 Å². The first-order chi connectivity index (χ1) is 14.7. The molecule has 1 spiro atoms. The molecule has 32 heavy (non-hydrogen) atoms. The van der Waals surface area contributed by atoms with E-state index in [4.69, 9.17) is 0 Å². The summed E-state index contributed by atoms with van der Waals surface area (Å²) >= 11 is 0. The summed E-state index contributed by atoms with van der Waals surface area (Å²) < 4.78 is 0. The van der Waals surface area contributed by atoms with Crippen molar-refractivity contribution >= 4 is 30.3 Å². The molecule has 0 radical (unpaired) electrons. The zero-order chi connectivity index (χ0) is 22.3. The fraction of sp³-hybridized carbons (Fsp3) is 0.625. The second kappa shape index (κ2) is 9.40. The molecular formula is C24H35ClN4O3. The van der Waals surface area contributed by atoms with E-state index in [-0.39, 0.29) is 54.4 Å². The number of carbonyl (C=O) groups excluding carboxylic acids is 3. The van der Waals surface area contributed by atoms with Crippen LogP contribution >= 0.6 is 12.4 Å². The summed E-state index contributed by atoms with van der Waals surface area (Å²) in [7, 11) is 1.61. The molecule has 1 aromatic rings. The van der Waals surface area contributed by atoms with Crippen molar-refractivity contribution in [1.29, 1.82) is 0 Å². The van der Waals surface area contributed by atoms with Gasteiger partial charge in [0.05, 0.1) is 6.04 Å². The minimum absolute atomic E-state index is 0. The Morgan fingerprint density at radius 2 is 1.72 bits per heavy atom. The summed E-state index contributed by atoms with van der Waals surface area (Å²) in [6.45, 7) is 6.42. The van der Waals surface area contributed by atoms with E-state index >= 15 is 0 Å². The molecule has 3 fully saturated rings. The van der Waals surface area contributed by atoms with Crippen molar-refractivity contribution in [2.75, 3.05) is 13.6 Å². The third-order valence-electron chi connectivity index (χ3n) is 7.35. The number of urea groups is 1. The Morgan fingerprint density at radius 1 is 1.12 bits per heavy atom. The number of carbonyl (C=O) groups is 3. The molecule has 0 aliphatic carbocycles. The number of hydrogen-bond donors (Lipinski definition) is 1. The monoisotopic (exact) mass is 462 g/mol. The van der Waals surface area contributed by atoms with Gasteiger partial charge in [-0.2, -0.15) is 0 Å². The van der Waals surface area contributed by atoms with Crippen LogP contribution in [-0.4, -0.2) is 69.8 Å². The van der Waals surface area contributed by atoms with E-state index in [0.29, 0.717) is 12.8 Å². The normalized spacial score (nSPS) is 28.4. The molecule has 3 aliphatic heterocycles. The maximum absolute atomic E-state index is 13.2. The standard InChI is InChI=1S/C24H34N4O3.ClH/c1-16(2)28-23(31)26(4)22(30)24(28)14-19-10-11-20(15-24)27(19)13-12-21(25-17(3)29)18-8-6-5-7-9-18;/h5-9,16,19-21H,10-15H2,1-4H3,(H,25,29);1H/t19?,20?,21-,24?;/m0./s1. The predicted octanol–water partition coefficient (Wildman–Crippen LogP) is 3.34. The van der Waals surface area contributed by atoms with Crippen LogP contribution in [-0.2, 0) is 9.59 Å². The van der Waals surface area contributed by atoms with Gasteiger partial charge in [0.25, 0.3) is 5.91 Å². The van der Waals surface area contributed by atoms with Gasteiger partial charge in [-0.25, -0.2) is 4.79 Å². The maximum atomic E-state index is 13.2. The van der Waals surface area contributed by atoms with Crippen molar-refractivity contribution < 1.29 is 14.4 Å². The van der Waals surface area contributed by atoms with Crippen molar-refractivity contribution in [3.05, 3.63) is 35.9 Å². The van der Waals surface area contributed by atoms with Gasteiger partial charge in [0, 0.05) is 38.6 Å². The van der Waals surface area contributed by atoms with E-state index in [2.05, 4.69) is 22.3 Å². The summed E-state index contributed by atoms with van der Waals surface area (Å²) in [6, 6.07) is 10.5. The van der Waals surface area contributed by atoms with E-state index < -0.39 is 5.54 Å². The summed E-state index contributed by atoms with van der Waals surface area (Å²) in [6.07, 6.45) is 4.34. The zero-order valence-electron chi connectivity index (χ0n) is 19.4. The summed E-state index contributed by atoms with van der Waals surface area (Å²) in [4.78, 5) is 43.5. The Hall–Kier alpha value is -2.12. The van der Waals surface area contributed by atoms with Gasteiger partial charge in [-0.1, -0.05) is 30.3 Å². The number of rotatable bonds is 6. The first-order valence-corrected chi connectivity index (χ1v) is 11.4. The minimum atomic E-state index is -0.696. The number of imide groups is 1. The molecule has 7 nitrogen and oxygen atoms in total. The molecule has 0 saturated carbocycles. The molecule has 3 heterocycles. The number of hydrogen-bond acceptors (Lipinski definition) is 4. The van der Waals surface area contributed by atoms with E-state index in [1.807, 2.05) is 36.9 Å². The van der Waals surface area contributed by atoms with Crippen molar-refractivity contribution in [1.82, 2.24) is 20.0 Å². The van der Waals surface area contributed by atoms with Crippen molar-refractivity contribution in [3.63, 3.8) is 0 Å². The van der Waals surface area contributed by atoms with Crippen LogP contribution in [0.4, 0.5) is 4.79 Å². The van der Waals surface area contributed by atoms with Crippen LogP contribution in [0.1, 0.15) is 64.5 Å². The highest BCUT2D eigenvalue weighted by Crippen LogP contribution is 2.48. The number of nitrogens with one attached hydrogen (secondary N) is 1. The molecule has 1 N–H and O–H groups in total. The van der Waals surface area contributed by atoms with Gasteiger partial charge in [-0.05, 0) is 51.5 Å². The number of halogens is 1. The van der Waals surface area contributed by atoms with E-state index in [9.17, 15) is 14.4 Å². The molecule has 4 rings (SSSR count). The van der Waals surface area contributed by atoms with Gasteiger partial charge < -0.3 is 10.2 Å². The third kappa shape index (κ3) is 4.13. The lowest BCUT2D eigenvalue weighted by Crippen LogP contribution is -2.61. The van der Waals surface area contributed by atoms with Gasteiger partial charge in [-0.3, -0.25) is 19.4 Å². The average molecular weight is 463 g/mol. The van der Waals surface area contributed by atoms with Crippen LogP contribution in [0.5, 0.6) is 0 Å². The molecular weight excluding hydrogens is 428 g/mol. The van der Waals surface area contributed by atoms with Crippen LogP contribution in [0, 0.1) is 0 Å². The van der Waals surface area contributed by atoms with Crippen LogP contribution < -0.4 is 5.32 Å². The molecule has 3 atom stereocenters. The fourth-order valence-electron chi connectivity index (χ4n) is 6.15. The quantitative estimate of drug-likeness (QED) is 0.658. The topological polar surface area (TPSA) is 73.0 Å². The minimum Gasteiger partial charge on any atom is -0.349 e. The number of amides is 4. The molecule has 3 aliphatic rings. The molecule has 176 valence electrons. The Balaban J connectivity index is 0.00000289. The van der Waals surface area contributed by atoms with Crippen LogP contribution in [0.2, 0.25) is 0 Å². The molecule has 2 unspecified atom stereocenters. The molecule has 2 bridgehead atoms. The lowest BCUT2D eigenvalue weighted by atomic mass is 9.80. The highest BCUT2D eigenvalue weighted by atomic mass is 35.5. The third-order valence-corrected chi connectivity index (χ3v) is 7.35. The molecule has 4 amide bonds. The van der Waals surface area contributed by atoms with E-state index in [1.54, 1.807) is 14.0 Å². The maximum Gasteiger partial charge on any atom is 0.327 e. The van der Waals surface area contributed by atoms with Crippen LogP contribution in [0.25, 0.3) is 0 Å². The van der Waals surface area contributed by atoms with Gasteiger partial charge in [0.1, 0.15) is 5.54 Å². The van der Waals surface area contributed by atoms with Gasteiger partial charge in [-0.15, -0.1) is 12.4 Å². The van der Waals surface area contributed by atoms with E-state index in [1.165, 1.54) is 4.90 Å². The predicted molar refractivity (Wildman–Crippen MR) is 125 cm³/mol. The lowest BCUT2D eigenvalue weighted by Gasteiger charge is -2.48. The summed E-state index contributed by atoms with van der Waals surface area (Å²) in [5.74, 6) is -0.0664. The van der Waals surface area contributed by atoms with Crippen molar-refractivity contribution in [2.24, 2.45) is 0 Å². The van der Waals surface area contributed by atoms with Crippen LogP contribution in [0.3, 0.4) is 0 Å². The summed E-state index contributed by atoms with van der Waals surface area (Å²) in [5.41, 5.74) is 0.418. The molecule has 1 aromatic carbocycles. The van der Waals surface area contributed by atoms with Gasteiger partial charge in [0.15, 0.2) is 0 Å². The largest absolute Gasteiger partial charge is 0.349 e. The van der Waals surface area contributed by atoms with Crippen LogP contribution in [0.15, 0.2) is 30.3 Å². The van der Waals surface area contributed by atoms with Gasteiger partial charge >= 0.3 is 6.03 Å². The Bertz CT molecular complexity index is 848. The first kappa shape index (κ1) is 24.5. The Kier molecular flexibility index (Phi) is 7.20. The number of likely N-dealkylation sites (N-methyl/N-ethyl adjacent to an activating group) is 1. The number of piperidine rings is 1. The Labute approximate surface area is 196 Å².